The number of hydrogen-bond donors (Lipinski definition) is 1. The summed E-state index contributed by atoms with van der Waals surface area (Å²) in [6.07, 6.45) is 1.40. The summed E-state index contributed by atoms with van der Waals surface area (Å²) in [5.74, 6) is -3.42. The van der Waals surface area contributed by atoms with Gasteiger partial charge in [0.05, 0.1) is 22.6 Å². The number of esters is 1. The van der Waals surface area contributed by atoms with Crippen LogP contribution in [0.5, 0.6) is 0 Å². The van der Waals surface area contributed by atoms with Crippen LogP contribution in [0.4, 0.5) is 5.69 Å². The minimum absolute atomic E-state index is 0.147. The van der Waals surface area contributed by atoms with Crippen LogP contribution < -0.4 is 5.32 Å². The molecule has 2 saturated carbocycles. The summed E-state index contributed by atoms with van der Waals surface area (Å²) in [6, 6.07) is 7.33. The summed E-state index contributed by atoms with van der Waals surface area (Å²) in [5.41, 5.74) is 1.61. The molecule has 7 nitrogen and oxygen atoms in total. The molecule has 0 spiro atoms. The highest BCUT2D eigenvalue weighted by Gasteiger charge is 2.66. The first-order chi connectivity index (χ1) is 14.3. The van der Waals surface area contributed by atoms with Gasteiger partial charge in [-0.2, -0.15) is 0 Å². The lowest BCUT2D eigenvalue weighted by Crippen LogP contribution is -2.38. The van der Waals surface area contributed by atoms with Gasteiger partial charge in [-0.05, 0) is 36.3 Å². The minimum Gasteiger partial charge on any atom is -0.454 e. The Morgan fingerprint density at radius 3 is 2.30 bits per heavy atom. The molecule has 30 heavy (non-hydrogen) atoms. The number of carbonyl (C=O) groups excluding carboxylic acids is 4. The van der Waals surface area contributed by atoms with Crippen LogP contribution in [0, 0.1) is 23.7 Å². The van der Waals surface area contributed by atoms with Crippen molar-refractivity contribution in [1.29, 1.82) is 0 Å². The molecule has 3 amide bonds. The molecule has 0 aromatic heterocycles. The van der Waals surface area contributed by atoms with Gasteiger partial charge in [-0.3, -0.25) is 24.1 Å². The Morgan fingerprint density at radius 2 is 1.70 bits per heavy atom. The second-order valence-corrected chi connectivity index (χ2v) is 8.99. The van der Waals surface area contributed by atoms with E-state index in [-0.39, 0.29) is 22.6 Å². The Morgan fingerprint density at radius 1 is 1.10 bits per heavy atom. The molecule has 1 heterocycles. The molecule has 1 aromatic carbocycles. The first-order valence-electron chi connectivity index (χ1n) is 10.00. The van der Waals surface area contributed by atoms with E-state index in [9.17, 15) is 19.2 Å². The van der Waals surface area contributed by atoms with Gasteiger partial charge in [-0.25, -0.2) is 0 Å². The van der Waals surface area contributed by atoms with Crippen molar-refractivity contribution in [1.82, 2.24) is 4.90 Å². The lowest BCUT2D eigenvalue weighted by molar-refractivity contribution is -0.154. The summed E-state index contributed by atoms with van der Waals surface area (Å²) in [5, 5.41) is 2.00. The van der Waals surface area contributed by atoms with E-state index >= 15 is 0 Å². The van der Waals surface area contributed by atoms with Crippen molar-refractivity contribution >= 4 is 52.6 Å². The maximum atomic E-state index is 12.7. The number of rotatable bonds is 6. The summed E-state index contributed by atoms with van der Waals surface area (Å²) < 4.78 is 4.99. The second-order valence-electron chi connectivity index (χ2n) is 7.99. The lowest BCUT2D eigenvalue weighted by Gasteiger charge is -2.28. The Hall–Kier alpha value is -2.12. The summed E-state index contributed by atoms with van der Waals surface area (Å²) in [6.45, 7) is 0.955. The Labute approximate surface area is 184 Å². The number of benzene rings is 1. The maximum absolute atomic E-state index is 12.7. The summed E-state index contributed by atoms with van der Waals surface area (Å²) in [7, 11) is 0. The number of aryl methyl sites for hydroxylation is 1. The standard InChI is InChI=1S/C21H22Cl2N2O5/c1-2-10-5-3-4-6-13(10)24-14(26)9-30-15(27)8-25-20(28)16-11-7-12(17(16)21(25)29)19(23)18(11)22/h3-6,11-12,16-19H,2,7-9H2,1H3,(H,24,26)/t11-,12-,16-,17+,18-,19+/m1/s1. The van der Waals surface area contributed by atoms with Gasteiger partial charge < -0.3 is 10.1 Å². The number of likely N-dealkylation sites (tertiary alicyclic amines) is 1. The molecule has 6 atom stereocenters. The molecule has 0 radical (unpaired) electrons. The molecule has 160 valence electrons. The molecule has 1 aromatic rings. The van der Waals surface area contributed by atoms with Gasteiger partial charge in [-0.15, -0.1) is 23.2 Å². The Kier molecular flexibility index (Phi) is 5.77. The average molecular weight is 453 g/mol. The van der Waals surface area contributed by atoms with Crippen LogP contribution in [0.25, 0.3) is 0 Å². The van der Waals surface area contributed by atoms with Crippen LogP contribution in [0.15, 0.2) is 24.3 Å². The normalized spacial score (nSPS) is 31.8. The van der Waals surface area contributed by atoms with Crippen LogP contribution in [0.1, 0.15) is 18.9 Å². The van der Waals surface area contributed by atoms with Crippen molar-refractivity contribution in [3.05, 3.63) is 29.8 Å². The highest BCUT2D eigenvalue weighted by molar-refractivity contribution is 6.31. The highest BCUT2D eigenvalue weighted by atomic mass is 35.5. The molecule has 1 aliphatic heterocycles. The number of alkyl halides is 2. The zero-order valence-corrected chi connectivity index (χ0v) is 17.9. The highest BCUT2D eigenvalue weighted by Crippen LogP contribution is 2.59. The first-order valence-corrected chi connectivity index (χ1v) is 10.9. The van der Waals surface area contributed by atoms with Crippen LogP contribution in [0.3, 0.4) is 0 Å². The monoisotopic (exact) mass is 452 g/mol. The van der Waals surface area contributed by atoms with E-state index in [2.05, 4.69) is 5.32 Å². The van der Waals surface area contributed by atoms with Gasteiger partial charge in [0.25, 0.3) is 5.91 Å². The fourth-order valence-corrected chi connectivity index (χ4v) is 5.92. The molecule has 1 saturated heterocycles. The number of halogens is 2. The molecule has 9 heteroatoms. The number of ether oxygens (including phenoxy) is 1. The van der Waals surface area contributed by atoms with Crippen molar-refractivity contribution in [3.8, 4) is 0 Å². The van der Waals surface area contributed by atoms with E-state index in [1.54, 1.807) is 12.1 Å². The zero-order valence-electron chi connectivity index (χ0n) is 16.3. The first kappa shape index (κ1) is 21.1. The van der Waals surface area contributed by atoms with E-state index in [4.69, 9.17) is 27.9 Å². The molecule has 3 fully saturated rings. The van der Waals surface area contributed by atoms with Gasteiger partial charge in [0.2, 0.25) is 11.8 Å². The van der Waals surface area contributed by atoms with Gasteiger partial charge in [0.1, 0.15) is 6.54 Å². The van der Waals surface area contributed by atoms with Crippen molar-refractivity contribution in [2.45, 2.75) is 30.5 Å². The number of amides is 3. The van der Waals surface area contributed by atoms with E-state index in [0.29, 0.717) is 12.1 Å². The zero-order chi connectivity index (χ0) is 21.6. The van der Waals surface area contributed by atoms with E-state index in [0.717, 1.165) is 16.9 Å². The van der Waals surface area contributed by atoms with Gasteiger partial charge in [-0.1, -0.05) is 25.1 Å². The average Bonchev–Trinajstić information content (AvgIpc) is 3.33. The third-order valence-electron chi connectivity index (χ3n) is 6.40. The maximum Gasteiger partial charge on any atom is 0.326 e. The predicted octanol–water partition coefficient (Wildman–Crippen LogP) is 2.20. The molecule has 0 unspecified atom stereocenters. The largest absolute Gasteiger partial charge is 0.454 e. The van der Waals surface area contributed by atoms with E-state index < -0.39 is 48.7 Å². The summed E-state index contributed by atoms with van der Waals surface area (Å²) in [4.78, 5) is 50.7. The smallest absolute Gasteiger partial charge is 0.326 e. The van der Waals surface area contributed by atoms with Crippen LogP contribution in [-0.4, -0.2) is 52.5 Å². The molecule has 2 bridgehead atoms. The Balaban J connectivity index is 1.32. The number of para-hydroxylation sites is 1. The van der Waals surface area contributed by atoms with Gasteiger partial charge in [0.15, 0.2) is 6.61 Å². The molecule has 2 aliphatic carbocycles. The third kappa shape index (κ3) is 3.48. The number of fused-ring (bicyclic) bond motifs is 5. The number of hydrogen-bond acceptors (Lipinski definition) is 5. The Bertz CT molecular complexity index is 875. The number of carbonyl (C=O) groups is 4. The topological polar surface area (TPSA) is 92.8 Å². The second kappa shape index (κ2) is 8.19. The third-order valence-corrected chi connectivity index (χ3v) is 7.72. The SMILES string of the molecule is CCc1ccccc1NC(=O)COC(=O)CN1C(=O)[C@@H]2[C@H]3C[C@@H]([C@H](Cl)[C@@H]3Cl)[C@@H]2C1=O. The number of anilines is 1. The lowest BCUT2D eigenvalue weighted by atomic mass is 9.80. The predicted molar refractivity (Wildman–Crippen MR) is 110 cm³/mol. The molecule has 3 aliphatic rings. The van der Waals surface area contributed by atoms with Crippen molar-refractivity contribution in [2.24, 2.45) is 23.7 Å². The van der Waals surface area contributed by atoms with Gasteiger partial charge >= 0.3 is 5.97 Å². The molecular weight excluding hydrogens is 431 g/mol. The quantitative estimate of drug-likeness (QED) is 0.405. The van der Waals surface area contributed by atoms with E-state index in [1.807, 2.05) is 19.1 Å². The number of nitrogens with zero attached hydrogens (tertiary/aromatic N) is 1. The minimum atomic E-state index is -0.812. The fourth-order valence-electron chi connectivity index (χ4n) is 5.02. The van der Waals surface area contributed by atoms with Crippen molar-refractivity contribution < 1.29 is 23.9 Å². The molecule has 1 N–H and O–H groups in total. The number of imide groups is 1. The number of nitrogens with one attached hydrogen (secondary N) is 1. The van der Waals surface area contributed by atoms with Crippen LogP contribution in [-0.2, 0) is 30.3 Å². The van der Waals surface area contributed by atoms with Crippen LogP contribution in [0.2, 0.25) is 0 Å². The fraction of sp³-hybridized carbons (Fsp3) is 0.524. The summed E-state index contributed by atoms with van der Waals surface area (Å²) >= 11 is 12.6. The van der Waals surface area contributed by atoms with Crippen molar-refractivity contribution in [2.75, 3.05) is 18.5 Å². The van der Waals surface area contributed by atoms with Gasteiger partial charge in [0, 0.05) is 5.69 Å². The van der Waals surface area contributed by atoms with E-state index in [1.165, 1.54) is 0 Å². The van der Waals surface area contributed by atoms with Crippen LogP contribution >= 0.6 is 23.2 Å². The molecular formula is C21H22Cl2N2O5. The van der Waals surface area contributed by atoms with Crippen molar-refractivity contribution in [3.63, 3.8) is 0 Å². The molecule has 4 rings (SSSR count).